The van der Waals surface area contributed by atoms with E-state index in [1.807, 2.05) is 0 Å². The number of hydrogen-bond donors (Lipinski definition) is 1. The zero-order valence-corrected chi connectivity index (χ0v) is 11.2. The first-order valence-corrected chi connectivity index (χ1v) is 5.94. The number of rotatable bonds is 3. The molecule has 1 amide bonds. The van der Waals surface area contributed by atoms with Gasteiger partial charge >= 0.3 is 12.1 Å². The molecule has 104 valence electrons. The number of alkyl halides is 1. The van der Waals surface area contributed by atoms with Crippen molar-refractivity contribution >= 4 is 12.1 Å². The molecule has 0 bridgehead atoms. The highest BCUT2D eigenvalue weighted by Crippen LogP contribution is 2.32. The van der Waals surface area contributed by atoms with E-state index in [0.717, 1.165) is 7.11 Å². The molecule has 0 heterocycles. The van der Waals surface area contributed by atoms with Crippen LogP contribution in [0.5, 0.6) is 0 Å². The van der Waals surface area contributed by atoms with Crippen LogP contribution in [0.4, 0.5) is 9.18 Å². The van der Waals surface area contributed by atoms with Crippen LogP contribution in [0.15, 0.2) is 0 Å². The summed E-state index contributed by atoms with van der Waals surface area (Å²) in [5.41, 5.74) is -0.554. The Bertz CT molecular complexity index is 321. The monoisotopic (exact) mass is 261 g/mol. The van der Waals surface area contributed by atoms with Crippen LogP contribution in [0.2, 0.25) is 0 Å². The third-order valence-corrected chi connectivity index (χ3v) is 2.74. The normalized spacial score (nSPS) is 24.7. The lowest BCUT2D eigenvalue weighted by Gasteiger charge is -2.36. The third-order valence-electron chi connectivity index (χ3n) is 2.74. The van der Waals surface area contributed by atoms with Crippen LogP contribution >= 0.6 is 0 Å². The number of amides is 1. The van der Waals surface area contributed by atoms with Gasteiger partial charge in [-0.05, 0) is 33.6 Å². The molecule has 18 heavy (non-hydrogen) atoms. The first-order valence-electron chi connectivity index (χ1n) is 5.94. The van der Waals surface area contributed by atoms with Crippen LogP contribution in [0.1, 0.15) is 33.6 Å². The summed E-state index contributed by atoms with van der Waals surface area (Å²) >= 11 is 0. The second-order valence-corrected chi connectivity index (χ2v) is 5.50. The number of halogens is 1. The standard InChI is InChI=1S/C12H20FNO4/c1-12(2,3)18-11(16)14-8-5-7(6-8)9(13)10(15)17-4/h7-9H,5-6H2,1-4H3,(H,14,16). The fourth-order valence-corrected chi connectivity index (χ4v) is 1.80. The summed E-state index contributed by atoms with van der Waals surface area (Å²) in [6.07, 6.45) is -1.27. The quantitative estimate of drug-likeness (QED) is 0.787. The van der Waals surface area contributed by atoms with Crippen LogP contribution in [-0.2, 0) is 14.3 Å². The minimum absolute atomic E-state index is 0.132. The van der Waals surface area contributed by atoms with Gasteiger partial charge in [-0.1, -0.05) is 0 Å². The first-order chi connectivity index (χ1) is 8.23. The lowest BCUT2D eigenvalue weighted by molar-refractivity contribution is -0.150. The number of carbonyl (C=O) groups excluding carboxylic acids is 2. The Kier molecular flexibility index (Phi) is 4.53. The third kappa shape index (κ3) is 4.16. The average Bonchev–Trinajstić information content (AvgIpc) is 2.18. The van der Waals surface area contributed by atoms with E-state index in [-0.39, 0.29) is 12.0 Å². The number of methoxy groups -OCH3 is 1. The second-order valence-electron chi connectivity index (χ2n) is 5.50. The molecule has 1 saturated carbocycles. The Labute approximate surface area is 106 Å². The summed E-state index contributed by atoms with van der Waals surface area (Å²) < 4.78 is 22.8. The number of hydrogen-bond acceptors (Lipinski definition) is 4. The molecule has 1 fully saturated rings. The average molecular weight is 261 g/mol. The van der Waals surface area contributed by atoms with Crippen molar-refractivity contribution in [1.29, 1.82) is 0 Å². The fourth-order valence-electron chi connectivity index (χ4n) is 1.80. The van der Waals surface area contributed by atoms with E-state index in [0.29, 0.717) is 12.8 Å². The molecule has 0 spiro atoms. The van der Waals surface area contributed by atoms with Gasteiger partial charge in [0.1, 0.15) is 5.60 Å². The maximum Gasteiger partial charge on any atom is 0.407 e. The van der Waals surface area contributed by atoms with E-state index < -0.39 is 23.8 Å². The highest BCUT2D eigenvalue weighted by molar-refractivity contribution is 5.75. The lowest BCUT2D eigenvalue weighted by atomic mass is 9.77. The predicted octanol–water partition coefficient (Wildman–Crippen LogP) is 1.80. The van der Waals surface area contributed by atoms with Crippen molar-refractivity contribution < 1.29 is 23.5 Å². The van der Waals surface area contributed by atoms with Gasteiger partial charge in [0.15, 0.2) is 6.17 Å². The van der Waals surface area contributed by atoms with Gasteiger partial charge in [-0.3, -0.25) is 0 Å². The van der Waals surface area contributed by atoms with E-state index in [2.05, 4.69) is 10.1 Å². The number of carbonyl (C=O) groups is 2. The highest BCUT2D eigenvalue weighted by atomic mass is 19.1. The molecule has 0 aromatic rings. The van der Waals surface area contributed by atoms with E-state index >= 15 is 0 Å². The highest BCUT2D eigenvalue weighted by Gasteiger charge is 2.40. The molecule has 0 saturated heterocycles. The zero-order valence-electron chi connectivity index (χ0n) is 11.2. The summed E-state index contributed by atoms with van der Waals surface area (Å²) in [6, 6.07) is -0.132. The van der Waals surface area contributed by atoms with Gasteiger partial charge in [0, 0.05) is 12.0 Å². The topological polar surface area (TPSA) is 64.6 Å². The van der Waals surface area contributed by atoms with E-state index in [4.69, 9.17) is 4.74 Å². The second kappa shape index (κ2) is 5.54. The van der Waals surface area contributed by atoms with Gasteiger partial charge in [-0.2, -0.15) is 0 Å². The Morgan fingerprint density at radius 2 is 1.89 bits per heavy atom. The molecule has 0 aromatic carbocycles. The SMILES string of the molecule is COC(=O)C(F)C1CC(NC(=O)OC(C)(C)C)C1. The van der Waals surface area contributed by atoms with Crippen LogP contribution < -0.4 is 5.32 Å². The molecule has 1 aliphatic carbocycles. The molecular weight excluding hydrogens is 241 g/mol. The van der Waals surface area contributed by atoms with Crippen molar-refractivity contribution in [2.75, 3.05) is 7.11 Å². The molecular formula is C12H20FNO4. The van der Waals surface area contributed by atoms with Crippen LogP contribution in [0.25, 0.3) is 0 Å². The molecule has 0 aliphatic heterocycles. The maximum absolute atomic E-state index is 13.4. The largest absolute Gasteiger partial charge is 0.467 e. The van der Waals surface area contributed by atoms with E-state index in [1.165, 1.54) is 0 Å². The van der Waals surface area contributed by atoms with Gasteiger partial charge in [0.05, 0.1) is 7.11 Å². The van der Waals surface area contributed by atoms with Crippen molar-refractivity contribution in [3.8, 4) is 0 Å². The van der Waals surface area contributed by atoms with Crippen molar-refractivity contribution in [2.45, 2.75) is 51.4 Å². The fraction of sp³-hybridized carbons (Fsp3) is 0.833. The maximum atomic E-state index is 13.4. The predicted molar refractivity (Wildman–Crippen MR) is 62.8 cm³/mol. The van der Waals surface area contributed by atoms with Crippen molar-refractivity contribution in [3.63, 3.8) is 0 Å². The number of nitrogens with one attached hydrogen (secondary N) is 1. The van der Waals surface area contributed by atoms with Crippen molar-refractivity contribution in [3.05, 3.63) is 0 Å². The zero-order chi connectivity index (χ0) is 13.9. The molecule has 1 atom stereocenters. The molecule has 1 rings (SSSR count). The Morgan fingerprint density at radius 1 is 1.33 bits per heavy atom. The smallest absolute Gasteiger partial charge is 0.407 e. The van der Waals surface area contributed by atoms with Gasteiger partial charge in [0.25, 0.3) is 0 Å². The van der Waals surface area contributed by atoms with Gasteiger partial charge in [-0.15, -0.1) is 0 Å². The lowest BCUT2D eigenvalue weighted by Crippen LogP contribution is -2.49. The summed E-state index contributed by atoms with van der Waals surface area (Å²) in [5, 5.41) is 2.63. The summed E-state index contributed by atoms with van der Waals surface area (Å²) in [7, 11) is 1.16. The molecule has 1 N–H and O–H groups in total. The summed E-state index contributed by atoms with van der Waals surface area (Å²) in [6.45, 7) is 5.31. The minimum atomic E-state index is -1.60. The van der Waals surface area contributed by atoms with Gasteiger partial charge < -0.3 is 14.8 Å². The molecule has 0 aromatic heterocycles. The number of esters is 1. The van der Waals surface area contributed by atoms with Gasteiger partial charge in [0.2, 0.25) is 0 Å². The Morgan fingerprint density at radius 3 is 2.33 bits per heavy atom. The summed E-state index contributed by atoms with van der Waals surface area (Å²) in [4.78, 5) is 22.4. The Hall–Kier alpha value is -1.33. The molecule has 6 heteroatoms. The molecule has 5 nitrogen and oxygen atoms in total. The van der Waals surface area contributed by atoms with E-state index in [1.54, 1.807) is 20.8 Å². The first kappa shape index (κ1) is 14.7. The van der Waals surface area contributed by atoms with Gasteiger partial charge in [-0.25, -0.2) is 14.0 Å². The molecule has 1 unspecified atom stereocenters. The van der Waals surface area contributed by atoms with Crippen LogP contribution in [0.3, 0.4) is 0 Å². The number of ether oxygens (including phenoxy) is 2. The minimum Gasteiger partial charge on any atom is -0.467 e. The summed E-state index contributed by atoms with van der Waals surface area (Å²) in [5.74, 6) is -1.23. The molecule has 0 radical (unpaired) electrons. The molecule has 1 aliphatic rings. The van der Waals surface area contributed by atoms with Crippen molar-refractivity contribution in [2.24, 2.45) is 5.92 Å². The van der Waals surface area contributed by atoms with Crippen LogP contribution in [0, 0.1) is 5.92 Å². The van der Waals surface area contributed by atoms with Crippen LogP contribution in [-0.4, -0.2) is 37.0 Å². The Balaban J connectivity index is 2.27. The van der Waals surface area contributed by atoms with E-state index in [9.17, 15) is 14.0 Å². The van der Waals surface area contributed by atoms with Crippen molar-refractivity contribution in [1.82, 2.24) is 5.32 Å². The number of alkyl carbamates (subject to hydrolysis) is 1.